The molecule has 0 saturated carbocycles. The molecule has 1 amide bonds. The first-order valence-electron chi connectivity index (χ1n) is 4.84. The molecule has 0 spiro atoms. The largest absolute Gasteiger partial charge is 0.333 e. The summed E-state index contributed by atoms with van der Waals surface area (Å²) in [5, 5.41) is 0. The third-order valence-electron chi connectivity index (χ3n) is 2.54. The van der Waals surface area contributed by atoms with Gasteiger partial charge in [0.05, 0.1) is 6.54 Å². The van der Waals surface area contributed by atoms with Crippen molar-refractivity contribution in [3.63, 3.8) is 0 Å². The van der Waals surface area contributed by atoms with E-state index < -0.39 is 13.0 Å². The predicted octanol–water partition coefficient (Wildman–Crippen LogP) is 1.95. The second-order valence-corrected chi connectivity index (χ2v) is 3.55. The fourth-order valence-electron chi connectivity index (χ4n) is 1.82. The fourth-order valence-corrected chi connectivity index (χ4v) is 1.82. The first-order chi connectivity index (χ1) is 7.18. The first-order valence-corrected chi connectivity index (χ1v) is 4.84. The van der Waals surface area contributed by atoms with Crippen molar-refractivity contribution < 1.29 is 13.6 Å². The Morgan fingerprint density at radius 2 is 2.07 bits per heavy atom. The second kappa shape index (κ2) is 3.96. The van der Waals surface area contributed by atoms with Crippen LogP contribution >= 0.6 is 0 Å². The highest BCUT2D eigenvalue weighted by Crippen LogP contribution is 2.18. The summed E-state index contributed by atoms with van der Waals surface area (Å²) in [6, 6.07) is 7.17. The van der Waals surface area contributed by atoms with E-state index in [1.54, 1.807) is 12.1 Å². The van der Waals surface area contributed by atoms with Crippen LogP contribution in [0.5, 0.6) is 0 Å². The number of hydrogen-bond acceptors (Lipinski definition) is 1. The lowest BCUT2D eigenvalue weighted by Gasteiger charge is -2.28. The van der Waals surface area contributed by atoms with Gasteiger partial charge in [-0.05, 0) is 18.1 Å². The van der Waals surface area contributed by atoms with Crippen LogP contribution in [0.25, 0.3) is 0 Å². The molecule has 0 aliphatic carbocycles. The SMILES string of the molecule is O=C1c2ccccc2CCN1CC(F)F. The Morgan fingerprint density at radius 1 is 1.33 bits per heavy atom. The van der Waals surface area contributed by atoms with Gasteiger partial charge in [0, 0.05) is 12.1 Å². The normalized spacial score (nSPS) is 15.7. The maximum atomic E-state index is 12.2. The molecule has 0 saturated heterocycles. The summed E-state index contributed by atoms with van der Waals surface area (Å²) in [5.74, 6) is -0.280. The quantitative estimate of drug-likeness (QED) is 0.732. The number of alkyl halides is 2. The van der Waals surface area contributed by atoms with Crippen LogP contribution in [-0.4, -0.2) is 30.3 Å². The summed E-state index contributed by atoms with van der Waals surface area (Å²) in [7, 11) is 0. The Kier molecular flexibility index (Phi) is 2.66. The standard InChI is InChI=1S/C11H11F2NO/c12-10(13)7-14-6-5-8-3-1-2-4-9(8)11(14)15/h1-4,10H,5-7H2. The summed E-state index contributed by atoms with van der Waals surface area (Å²) in [6.07, 6.45) is -1.80. The minimum atomic E-state index is -2.46. The number of fused-ring (bicyclic) bond motifs is 1. The lowest BCUT2D eigenvalue weighted by molar-refractivity contribution is 0.0538. The third kappa shape index (κ3) is 1.98. The molecule has 2 rings (SSSR count). The van der Waals surface area contributed by atoms with Crippen molar-refractivity contribution >= 4 is 5.91 Å². The highest BCUT2D eigenvalue weighted by molar-refractivity contribution is 5.96. The molecule has 15 heavy (non-hydrogen) atoms. The van der Waals surface area contributed by atoms with E-state index in [-0.39, 0.29) is 5.91 Å². The maximum Gasteiger partial charge on any atom is 0.255 e. The summed E-state index contributed by atoms with van der Waals surface area (Å²) >= 11 is 0. The number of hydrogen-bond donors (Lipinski definition) is 0. The molecule has 1 heterocycles. The molecule has 1 aromatic rings. The van der Waals surface area contributed by atoms with Crippen LogP contribution in [0.2, 0.25) is 0 Å². The van der Waals surface area contributed by atoms with Gasteiger partial charge in [-0.2, -0.15) is 0 Å². The number of nitrogens with zero attached hydrogens (tertiary/aromatic N) is 1. The van der Waals surface area contributed by atoms with Gasteiger partial charge < -0.3 is 4.90 Å². The van der Waals surface area contributed by atoms with Gasteiger partial charge >= 0.3 is 0 Å². The van der Waals surface area contributed by atoms with Crippen LogP contribution in [0, 0.1) is 0 Å². The molecule has 0 bridgehead atoms. The minimum Gasteiger partial charge on any atom is -0.333 e. The predicted molar refractivity (Wildman–Crippen MR) is 52.1 cm³/mol. The van der Waals surface area contributed by atoms with E-state index in [9.17, 15) is 13.6 Å². The van der Waals surface area contributed by atoms with Crippen molar-refractivity contribution in [3.05, 3.63) is 35.4 Å². The van der Waals surface area contributed by atoms with Gasteiger partial charge in [-0.1, -0.05) is 18.2 Å². The molecule has 2 nitrogen and oxygen atoms in total. The topological polar surface area (TPSA) is 20.3 Å². The second-order valence-electron chi connectivity index (χ2n) is 3.55. The van der Waals surface area contributed by atoms with Crippen molar-refractivity contribution in [3.8, 4) is 0 Å². The number of rotatable bonds is 2. The van der Waals surface area contributed by atoms with Crippen molar-refractivity contribution in [2.75, 3.05) is 13.1 Å². The Bertz CT molecular complexity index is 379. The maximum absolute atomic E-state index is 12.2. The monoisotopic (exact) mass is 211 g/mol. The smallest absolute Gasteiger partial charge is 0.255 e. The zero-order chi connectivity index (χ0) is 10.8. The van der Waals surface area contributed by atoms with E-state index >= 15 is 0 Å². The summed E-state index contributed by atoms with van der Waals surface area (Å²) in [4.78, 5) is 13.0. The van der Waals surface area contributed by atoms with Gasteiger partial charge in [-0.15, -0.1) is 0 Å². The lowest BCUT2D eigenvalue weighted by atomic mass is 9.99. The molecule has 1 aliphatic rings. The Labute approximate surface area is 86.5 Å². The number of halogens is 2. The zero-order valence-corrected chi connectivity index (χ0v) is 8.12. The average Bonchev–Trinajstić information content (AvgIpc) is 2.22. The Balaban J connectivity index is 2.22. The van der Waals surface area contributed by atoms with Crippen LogP contribution in [0.4, 0.5) is 8.78 Å². The number of amides is 1. The molecular weight excluding hydrogens is 200 g/mol. The Morgan fingerprint density at radius 3 is 2.80 bits per heavy atom. The van der Waals surface area contributed by atoms with E-state index in [1.165, 1.54) is 4.90 Å². The number of carbonyl (C=O) groups excluding carboxylic acids is 1. The van der Waals surface area contributed by atoms with Gasteiger partial charge in [-0.25, -0.2) is 8.78 Å². The molecule has 80 valence electrons. The van der Waals surface area contributed by atoms with Crippen LogP contribution in [0.15, 0.2) is 24.3 Å². The van der Waals surface area contributed by atoms with Crippen molar-refractivity contribution in [2.45, 2.75) is 12.8 Å². The van der Waals surface area contributed by atoms with Crippen molar-refractivity contribution in [2.24, 2.45) is 0 Å². The van der Waals surface area contributed by atoms with Gasteiger partial charge in [0.1, 0.15) is 0 Å². The van der Waals surface area contributed by atoms with Crippen LogP contribution < -0.4 is 0 Å². The molecule has 4 heteroatoms. The fraction of sp³-hybridized carbons (Fsp3) is 0.364. The average molecular weight is 211 g/mol. The van der Waals surface area contributed by atoms with Crippen molar-refractivity contribution in [1.29, 1.82) is 0 Å². The number of carbonyl (C=O) groups is 1. The summed E-state index contributed by atoms with van der Waals surface area (Å²) in [6.45, 7) is -0.0760. The molecule has 0 N–H and O–H groups in total. The van der Waals surface area contributed by atoms with E-state index in [0.717, 1.165) is 5.56 Å². The van der Waals surface area contributed by atoms with E-state index in [1.807, 2.05) is 12.1 Å². The molecule has 0 unspecified atom stereocenters. The van der Waals surface area contributed by atoms with E-state index in [0.29, 0.717) is 18.5 Å². The molecule has 0 radical (unpaired) electrons. The molecular formula is C11H11F2NO. The van der Waals surface area contributed by atoms with Gasteiger partial charge in [-0.3, -0.25) is 4.79 Å². The third-order valence-corrected chi connectivity index (χ3v) is 2.54. The van der Waals surface area contributed by atoms with Gasteiger partial charge in [0.2, 0.25) is 0 Å². The van der Waals surface area contributed by atoms with Gasteiger partial charge in [0.25, 0.3) is 12.3 Å². The molecule has 0 fully saturated rings. The first kappa shape index (κ1) is 10.1. The van der Waals surface area contributed by atoms with Gasteiger partial charge in [0.15, 0.2) is 0 Å². The van der Waals surface area contributed by atoms with Crippen molar-refractivity contribution in [1.82, 2.24) is 4.90 Å². The van der Waals surface area contributed by atoms with Crippen LogP contribution in [-0.2, 0) is 6.42 Å². The Hall–Kier alpha value is -1.45. The van der Waals surface area contributed by atoms with E-state index in [2.05, 4.69) is 0 Å². The summed E-state index contributed by atoms with van der Waals surface area (Å²) < 4.78 is 24.3. The zero-order valence-electron chi connectivity index (χ0n) is 8.12. The van der Waals surface area contributed by atoms with Crippen LogP contribution in [0.3, 0.4) is 0 Å². The number of benzene rings is 1. The molecule has 0 aromatic heterocycles. The lowest BCUT2D eigenvalue weighted by Crippen LogP contribution is -2.40. The highest BCUT2D eigenvalue weighted by atomic mass is 19.3. The molecule has 1 aliphatic heterocycles. The van der Waals surface area contributed by atoms with Crippen LogP contribution in [0.1, 0.15) is 15.9 Å². The summed E-state index contributed by atoms with van der Waals surface area (Å²) in [5.41, 5.74) is 1.51. The highest BCUT2D eigenvalue weighted by Gasteiger charge is 2.25. The minimum absolute atomic E-state index is 0.280. The molecule has 1 aromatic carbocycles. The van der Waals surface area contributed by atoms with E-state index in [4.69, 9.17) is 0 Å². The molecule has 0 atom stereocenters.